The van der Waals surface area contributed by atoms with E-state index in [9.17, 15) is 0 Å². The lowest BCUT2D eigenvalue weighted by molar-refractivity contribution is 0.0220. The zero-order valence-corrected chi connectivity index (χ0v) is 13.6. The molecular formula is C17H36O2. The number of rotatable bonds is 15. The average molecular weight is 272 g/mol. The third-order valence-electron chi connectivity index (χ3n) is 3.82. The first-order valence-corrected chi connectivity index (χ1v) is 8.36. The van der Waals surface area contributed by atoms with E-state index < -0.39 is 0 Å². The molecule has 0 aromatic rings. The van der Waals surface area contributed by atoms with Gasteiger partial charge in [-0.3, -0.25) is 0 Å². The predicted octanol–water partition coefficient (Wildman–Crippen LogP) is 5.35. The van der Waals surface area contributed by atoms with E-state index in [0.29, 0.717) is 6.10 Å². The van der Waals surface area contributed by atoms with E-state index in [0.717, 1.165) is 13.0 Å². The topological polar surface area (TPSA) is 18.5 Å². The van der Waals surface area contributed by atoms with Crippen molar-refractivity contribution < 1.29 is 9.47 Å². The average Bonchev–Trinajstić information content (AvgIpc) is 2.43. The number of ether oxygens (including phenoxy) is 2. The Morgan fingerprint density at radius 2 is 1.16 bits per heavy atom. The lowest BCUT2D eigenvalue weighted by Crippen LogP contribution is -2.16. The molecule has 0 spiro atoms. The number of methoxy groups -OCH3 is 2. The molecule has 0 radical (unpaired) electrons. The summed E-state index contributed by atoms with van der Waals surface area (Å²) < 4.78 is 10.5. The number of hydrogen-bond acceptors (Lipinski definition) is 2. The van der Waals surface area contributed by atoms with E-state index >= 15 is 0 Å². The van der Waals surface area contributed by atoms with E-state index in [1.807, 2.05) is 0 Å². The molecule has 0 saturated heterocycles. The highest BCUT2D eigenvalue weighted by atomic mass is 16.5. The van der Waals surface area contributed by atoms with Gasteiger partial charge in [0.2, 0.25) is 0 Å². The first kappa shape index (κ1) is 18.9. The summed E-state index contributed by atoms with van der Waals surface area (Å²) in [7, 11) is 3.52. The van der Waals surface area contributed by atoms with Gasteiger partial charge in [0.1, 0.15) is 0 Å². The summed E-state index contributed by atoms with van der Waals surface area (Å²) in [5.41, 5.74) is 0. The molecule has 0 rings (SSSR count). The maximum Gasteiger partial charge on any atom is 0.0804 e. The van der Waals surface area contributed by atoms with Crippen molar-refractivity contribution in [3.05, 3.63) is 0 Å². The second-order valence-corrected chi connectivity index (χ2v) is 5.64. The van der Waals surface area contributed by atoms with E-state index in [1.54, 1.807) is 14.2 Å². The van der Waals surface area contributed by atoms with Crippen LogP contribution in [0.4, 0.5) is 0 Å². The molecule has 0 aromatic heterocycles. The van der Waals surface area contributed by atoms with Crippen LogP contribution in [0.25, 0.3) is 0 Å². The molecule has 1 unspecified atom stereocenters. The highest BCUT2D eigenvalue weighted by molar-refractivity contribution is 4.56. The lowest BCUT2D eigenvalue weighted by atomic mass is 10.0. The maximum absolute atomic E-state index is 5.36. The van der Waals surface area contributed by atoms with Gasteiger partial charge in [-0.25, -0.2) is 0 Å². The Morgan fingerprint density at radius 3 is 1.58 bits per heavy atom. The minimum Gasteiger partial charge on any atom is -0.382 e. The first-order valence-electron chi connectivity index (χ1n) is 8.36. The van der Waals surface area contributed by atoms with Crippen molar-refractivity contribution in [2.45, 2.75) is 90.1 Å². The molecule has 2 nitrogen and oxygen atoms in total. The Kier molecular flexibility index (Phi) is 15.9. The van der Waals surface area contributed by atoms with Gasteiger partial charge in [0.25, 0.3) is 0 Å². The second-order valence-electron chi connectivity index (χ2n) is 5.64. The Morgan fingerprint density at radius 1 is 0.684 bits per heavy atom. The Balaban J connectivity index is 3.09. The quantitative estimate of drug-likeness (QED) is 0.374. The maximum atomic E-state index is 5.36. The zero-order valence-electron chi connectivity index (χ0n) is 13.6. The van der Waals surface area contributed by atoms with Gasteiger partial charge >= 0.3 is 0 Å². The van der Waals surface area contributed by atoms with Gasteiger partial charge in [0, 0.05) is 14.2 Å². The molecule has 0 aliphatic carbocycles. The van der Waals surface area contributed by atoms with Gasteiger partial charge in [-0.15, -0.1) is 0 Å². The van der Waals surface area contributed by atoms with E-state index in [1.165, 1.54) is 70.6 Å². The summed E-state index contributed by atoms with van der Waals surface area (Å²) in [5, 5.41) is 0. The molecule has 0 amide bonds. The van der Waals surface area contributed by atoms with E-state index in [4.69, 9.17) is 9.47 Å². The largest absolute Gasteiger partial charge is 0.382 e. The monoisotopic (exact) mass is 272 g/mol. The zero-order chi connectivity index (χ0) is 14.2. The molecule has 0 fully saturated rings. The molecule has 0 N–H and O–H groups in total. The van der Waals surface area contributed by atoms with Crippen LogP contribution in [0.2, 0.25) is 0 Å². The molecule has 2 heteroatoms. The smallest absolute Gasteiger partial charge is 0.0804 e. The van der Waals surface area contributed by atoms with Crippen molar-refractivity contribution in [2.75, 3.05) is 20.8 Å². The number of unbranched alkanes of at least 4 members (excludes halogenated alkanes) is 10. The van der Waals surface area contributed by atoms with Crippen molar-refractivity contribution >= 4 is 0 Å². The summed E-state index contributed by atoms with van der Waals surface area (Å²) in [5.74, 6) is 0. The van der Waals surface area contributed by atoms with Gasteiger partial charge in [0.15, 0.2) is 0 Å². The minimum atomic E-state index is 0.295. The summed E-state index contributed by atoms with van der Waals surface area (Å²) in [4.78, 5) is 0. The van der Waals surface area contributed by atoms with Crippen LogP contribution in [0.5, 0.6) is 0 Å². The number of hydrogen-bond donors (Lipinski definition) is 0. The molecule has 0 aromatic carbocycles. The van der Waals surface area contributed by atoms with Crippen LogP contribution in [0, 0.1) is 0 Å². The standard InChI is InChI=1S/C17H36O2/c1-4-5-6-7-8-9-10-11-12-13-14-15-17(19-3)16-18-2/h17H,4-16H2,1-3H3. The van der Waals surface area contributed by atoms with Crippen molar-refractivity contribution in [3.8, 4) is 0 Å². The highest BCUT2D eigenvalue weighted by Gasteiger charge is 2.05. The van der Waals surface area contributed by atoms with Crippen LogP contribution in [0.3, 0.4) is 0 Å². The summed E-state index contributed by atoms with van der Waals surface area (Å²) in [6.45, 7) is 3.01. The van der Waals surface area contributed by atoms with Crippen LogP contribution in [-0.4, -0.2) is 26.9 Å². The molecule has 0 bridgehead atoms. The van der Waals surface area contributed by atoms with E-state index in [2.05, 4.69) is 6.92 Å². The predicted molar refractivity (Wildman–Crippen MR) is 83.8 cm³/mol. The van der Waals surface area contributed by atoms with Gasteiger partial charge in [-0.1, -0.05) is 77.6 Å². The van der Waals surface area contributed by atoms with Crippen LogP contribution in [0.1, 0.15) is 84.0 Å². The summed E-state index contributed by atoms with van der Waals surface area (Å²) >= 11 is 0. The molecule has 1 atom stereocenters. The van der Waals surface area contributed by atoms with Gasteiger partial charge < -0.3 is 9.47 Å². The van der Waals surface area contributed by atoms with Crippen molar-refractivity contribution in [2.24, 2.45) is 0 Å². The summed E-state index contributed by atoms with van der Waals surface area (Å²) in [6.07, 6.45) is 16.8. The Labute approximate surface area is 121 Å². The lowest BCUT2D eigenvalue weighted by Gasteiger charge is -2.13. The first-order chi connectivity index (χ1) is 9.35. The van der Waals surface area contributed by atoms with Gasteiger partial charge in [-0.05, 0) is 6.42 Å². The van der Waals surface area contributed by atoms with Crippen LogP contribution in [-0.2, 0) is 9.47 Å². The fourth-order valence-electron chi connectivity index (χ4n) is 2.49. The Bertz CT molecular complexity index is 159. The molecule has 0 aliphatic rings. The molecule has 0 saturated carbocycles. The fourth-order valence-corrected chi connectivity index (χ4v) is 2.49. The molecule has 0 heterocycles. The van der Waals surface area contributed by atoms with E-state index in [-0.39, 0.29) is 0 Å². The second kappa shape index (κ2) is 16.0. The molecular weight excluding hydrogens is 236 g/mol. The Hall–Kier alpha value is -0.0800. The van der Waals surface area contributed by atoms with Crippen molar-refractivity contribution in [1.29, 1.82) is 0 Å². The van der Waals surface area contributed by atoms with Crippen LogP contribution in [0.15, 0.2) is 0 Å². The third-order valence-corrected chi connectivity index (χ3v) is 3.82. The van der Waals surface area contributed by atoms with Crippen LogP contribution >= 0.6 is 0 Å². The molecule has 0 aliphatic heterocycles. The molecule has 116 valence electrons. The van der Waals surface area contributed by atoms with Crippen LogP contribution < -0.4 is 0 Å². The fraction of sp³-hybridized carbons (Fsp3) is 1.00. The third kappa shape index (κ3) is 14.1. The minimum absolute atomic E-state index is 0.295. The summed E-state index contributed by atoms with van der Waals surface area (Å²) in [6, 6.07) is 0. The normalized spacial score (nSPS) is 12.8. The van der Waals surface area contributed by atoms with Crippen molar-refractivity contribution in [1.82, 2.24) is 0 Å². The highest BCUT2D eigenvalue weighted by Crippen LogP contribution is 2.13. The van der Waals surface area contributed by atoms with Crippen molar-refractivity contribution in [3.63, 3.8) is 0 Å². The SMILES string of the molecule is CCCCCCCCCCCCCC(COC)OC. The van der Waals surface area contributed by atoms with Gasteiger partial charge in [0.05, 0.1) is 12.7 Å². The molecule has 19 heavy (non-hydrogen) atoms. The van der Waals surface area contributed by atoms with Gasteiger partial charge in [-0.2, -0.15) is 0 Å².